The molecule has 0 saturated carbocycles. The average Bonchev–Trinajstić information content (AvgIpc) is 2.57. The van der Waals surface area contributed by atoms with Gasteiger partial charge in [0.15, 0.2) is 17.3 Å². The first-order chi connectivity index (χ1) is 11.5. The monoisotopic (exact) mass is 330 g/mol. The van der Waals surface area contributed by atoms with Crippen LogP contribution in [0.2, 0.25) is 0 Å². The predicted molar refractivity (Wildman–Crippen MR) is 90.0 cm³/mol. The lowest BCUT2D eigenvalue weighted by Crippen LogP contribution is -2.34. The van der Waals surface area contributed by atoms with Crippen LogP contribution in [-0.4, -0.2) is 36.9 Å². The van der Waals surface area contributed by atoms with Crippen molar-refractivity contribution < 1.29 is 18.7 Å². The van der Waals surface area contributed by atoms with Crippen LogP contribution in [0.3, 0.4) is 0 Å². The first-order valence-electron chi connectivity index (χ1n) is 7.48. The summed E-state index contributed by atoms with van der Waals surface area (Å²) < 4.78 is 18.7. The van der Waals surface area contributed by atoms with E-state index in [-0.39, 0.29) is 24.2 Å². The number of hydrogen-bond donors (Lipinski definition) is 1. The largest absolute Gasteiger partial charge is 0.489 e. The van der Waals surface area contributed by atoms with Gasteiger partial charge in [0, 0.05) is 18.3 Å². The van der Waals surface area contributed by atoms with E-state index in [1.165, 1.54) is 24.0 Å². The summed E-state index contributed by atoms with van der Waals surface area (Å²) in [6.07, 6.45) is 0. The van der Waals surface area contributed by atoms with Crippen LogP contribution < -0.4 is 10.1 Å². The summed E-state index contributed by atoms with van der Waals surface area (Å²) in [5, 5.41) is 2.71. The van der Waals surface area contributed by atoms with Crippen LogP contribution in [0, 0.1) is 5.82 Å². The molecule has 0 aliphatic carbocycles. The predicted octanol–water partition coefficient (Wildman–Crippen LogP) is 3.57. The number of anilines is 1. The Kier molecular flexibility index (Phi) is 5.89. The van der Waals surface area contributed by atoms with Gasteiger partial charge in [0.25, 0.3) is 0 Å². The second kappa shape index (κ2) is 8.10. The molecule has 0 saturated heterocycles. The van der Waals surface area contributed by atoms with Gasteiger partial charge in [-0.3, -0.25) is 4.79 Å². The minimum atomic E-state index is -0.435. The molecule has 2 amide bonds. The number of para-hydroxylation sites is 1. The molecule has 0 fully saturated rings. The fourth-order valence-electron chi connectivity index (χ4n) is 1.96. The maximum atomic E-state index is 13.4. The number of halogens is 1. The second-order valence-corrected chi connectivity index (χ2v) is 5.26. The molecule has 2 aromatic carbocycles. The highest BCUT2D eigenvalue weighted by Crippen LogP contribution is 2.15. The molecule has 0 aromatic heterocycles. The van der Waals surface area contributed by atoms with Crippen LogP contribution in [0.25, 0.3) is 0 Å². The molecule has 2 rings (SSSR count). The van der Waals surface area contributed by atoms with Crippen LogP contribution in [0.1, 0.15) is 17.3 Å². The van der Waals surface area contributed by atoms with E-state index in [0.717, 1.165) is 0 Å². The molecule has 0 radical (unpaired) electrons. The highest BCUT2D eigenvalue weighted by molar-refractivity contribution is 5.95. The Morgan fingerprint density at radius 1 is 1.12 bits per heavy atom. The average molecular weight is 330 g/mol. The number of amides is 2. The summed E-state index contributed by atoms with van der Waals surface area (Å²) in [5.41, 5.74) is 1.17. The van der Waals surface area contributed by atoms with Crippen LogP contribution in [0.5, 0.6) is 5.75 Å². The molecule has 0 unspecified atom stereocenters. The van der Waals surface area contributed by atoms with Crippen molar-refractivity contribution in [1.29, 1.82) is 0 Å². The van der Waals surface area contributed by atoms with Crippen molar-refractivity contribution in [2.45, 2.75) is 6.92 Å². The smallest absolute Gasteiger partial charge is 0.321 e. The zero-order chi connectivity index (χ0) is 17.5. The summed E-state index contributed by atoms with van der Waals surface area (Å²) in [6, 6.07) is 12.4. The van der Waals surface area contributed by atoms with Crippen molar-refractivity contribution in [3.05, 3.63) is 59.9 Å². The van der Waals surface area contributed by atoms with Gasteiger partial charge in [-0.15, -0.1) is 0 Å². The molecule has 0 bridgehead atoms. The van der Waals surface area contributed by atoms with Crippen molar-refractivity contribution in [1.82, 2.24) is 4.90 Å². The Balaban J connectivity index is 1.81. The van der Waals surface area contributed by atoms with Gasteiger partial charge in [-0.05, 0) is 43.3 Å². The summed E-state index contributed by atoms with van der Waals surface area (Å²) in [6.45, 7) is 1.96. The van der Waals surface area contributed by atoms with Gasteiger partial charge in [0.1, 0.15) is 6.61 Å². The third-order valence-electron chi connectivity index (χ3n) is 3.41. The van der Waals surface area contributed by atoms with Crippen molar-refractivity contribution in [2.75, 3.05) is 25.5 Å². The van der Waals surface area contributed by atoms with Crippen LogP contribution >= 0.6 is 0 Å². The standard InChI is InChI=1S/C18H19FN2O3/c1-13(22)14-7-9-15(10-8-14)20-18(23)21(2)11-12-24-17-6-4-3-5-16(17)19/h3-10H,11-12H2,1-2H3,(H,20,23). The highest BCUT2D eigenvalue weighted by Gasteiger charge is 2.10. The minimum Gasteiger partial charge on any atom is -0.489 e. The van der Waals surface area contributed by atoms with E-state index in [9.17, 15) is 14.0 Å². The maximum absolute atomic E-state index is 13.4. The van der Waals surface area contributed by atoms with Crippen molar-refractivity contribution in [3.63, 3.8) is 0 Å². The Labute approximate surface area is 140 Å². The van der Waals surface area contributed by atoms with Gasteiger partial charge >= 0.3 is 6.03 Å². The van der Waals surface area contributed by atoms with Crippen LogP contribution in [0.15, 0.2) is 48.5 Å². The number of hydrogen-bond acceptors (Lipinski definition) is 3. The number of benzene rings is 2. The third-order valence-corrected chi connectivity index (χ3v) is 3.41. The van der Waals surface area contributed by atoms with Gasteiger partial charge in [0.2, 0.25) is 0 Å². The normalized spacial score (nSPS) is 10.1. The minimum absolute atomic E-state index is 0.0321. The van der Waals surface area contributed by atoms with E-state index in [1.54, 1.807) is 43.4 Å². The summed E-state index contributed by atoms with van der Waals surface area (Å²) in [4.78, 5) is 24.7. The molecule has 0 spiro atoms. The van der Waals surface area contributed by atoms with Crippen LogP contribution in [0.4, 0.5) is 14.9 Å². The number of ketones is 1. The van der Waals surface area contributed by atoms with Crippen molar-refractivity contribution in [2.24, 2.45) is 0 Å². The Bertz CT molecular complexity index is 716. The number of rotatable bonds is 6. The van der Waals surface area contributed by atoms with E-state index in [0.29, 0.717) is 17.8 Å². The third kappa shape index (κ3) is 4.81. The number of likely N-dealkylation sites (N-methyl/N-ethyl adjacent to an activating group) is 1. The summed E-state index contributed by atoms with van der Waals surface area (Å²) in [5.74, 6) is -0.309. The zero-order valence-corrected chi connectivity index (χ0v) is 13.6. The molecular formula is C18H19FN2O3. The quantitative estimate of drug-likeness (QED) is 0.824. The van der Waals surface area contributed by atoms with Gasteiger partial charge in [-0.1, -0.05) is 12.1 Å². The molecule has 6 heteroatoms. The number of urea groups is 1. The summed E-state index contributed by atoms with van der Waals surface area (Å²) >= 11 is 0. The SMILES string of the molecule is CC(=O)c1ccc(NC(=O)N(C)CCOc2ccccc2F)cc1. The molecule has 0 atom stereocenters. The van der Waals surface area contributed by atoms with Crippen molar-refractivity contribution >= 4 is 17.5 Å². The number of ether oxygens (including phenoxy) is 1. The molecule has 24 heavy (non-hydrogen) atoms. The van der Waals surface area contributed by atoms with Gasteiger partial charge in [0.05, 0.1) is 6.54 Å². The molecule has 2 aromatic rings. The zero-order valence-electron chi connectivity index (χ0n) is 13.6. The lowest BCUT2D eigenvalue weighted by Gasteiger charge is -2.18. The first-order valence-corrected chi connectivity index (χ1v) is 7.48. The number of nitrogens with zero attached hydrogens (tertiary/aromatic N) is 1. The Morgan fingerprint density at radius 3 is 2.42 bits per heavy atom. The molecule has 0 heterocycles. The Morgan fingerprint density at radius 2 is 1.79 bits per heavy atom. The molecular weight excluding hydrogens is 311 g/mol. The van der Waals surface area contributed by atoms with E-state index in [1.807, 2.05) is 0 Å². The van der Waals surface area contributed by atoms with Crippen LogP contribution in [-0.2, 0) is 0 Å². The molecule has 5 nitrogen and oxygen atoms in total. The number of nitrogens with one attached hydrogen (secondary N) is 1. The number of carbonyl (C=O) groups excluding carboxylic acids is 2. The van der Waals surface area contributed by atoms with Crippen molar-refractivity contribution in [3.8, 4) is 5.75 Å². The number of Topliss-reactive ketones (excluding diaryl/α,β-unsaturated/α-hetero) is 1. The lowest BCUT2D eigenvalue weighted by atomic mass is 10.1. The fraction of sp³-hybridized carbons (Fsp3) is 0.222. The number of carbonyl (C=O) groups is 2. The molecule has 0 aliphatic rings. The molecule has 1 N–H and O–H groups in total. The van der Waals surface area contributed by atoms with Gasteiger partial charge in [-0.2, -0.15) is 0 Å². The van der Waals surface area contributed by atoms with E-state index in [2.05, 4.69) is 5.32 Å². The second-order valence-electron chi connectivity index (χ2n) is 5.26. The highest BCUT2D eigenvalue weighted by atomic mass is 19.1. The van der Waals surface area contributed by atoms with E-state index in [4.69, 9.17) is 4.74 Å². The molecule has 0 aliphatic heterocycles. The van der Waals surface area contributed by atoms with E-state index >= 15 is 0 Å². The topological polar surface area (TPSA) is 58.6 Å². The summed E-state index contributed by atoms with van der Waals surface area (Å²) in [7, 11) is 1.62. The first kappa shape index (κ1) is 17.5. The Hall–Kier alpha value is -2.89. The van der Waals surface area contributed by atoms with Gasteiger partial charge in [-0.25, -0.2) is 9.18 Å². The maximum Gasteiger partial charge on any atom is 0.321 e. The molecule has 126 valence electrons. The van der Waals surface area contributed by atoms with E-state index < -0.39 is 5.82 Å². The fourth-order valence-corrected chi connectivity index (χ4v) is 1.96. The van der Waals surface area contributed by atoms with Gasteiger partial charge < -0.3 is 15.0 Å². The lowest BCUT2D eigenvalue weighted by molar-refractivity contribution is 0.101.